The van der Waals surface area contributed by atoms with Gasteiger partial charge in [0.2, 0.25) is 0 Å². The number of aromatic nitrogens is 1. The Kier molecular flexibility index (Phi) is 5.57. The molecular formula is C20H20N2O3. The number of nitrogens with one attached hydrogen (secondary N) is 1. The molecule has 0 unspecified atom stereocenters. The van der Waals surface area contributed by atoms with Crippen LogP contribution in [0.2, 0.25) is 0 Å². The Morgan fingerprint density at radius 2 is 2.04 bits per heavy atom. The highest BCUT2D eigenvalue weighted by atomic mass is 16.5. The van der Waals surface area contributed by atoms with E-state index < -0.39 is 6.04 Å². The van der Waals surface area contributed by atoms with Crippen molar-refractivity contribution in [3.8, 4) is 17.0 Å². The maximum Gasteiger partial charge on any atom is 0.254 e. The van der Waals surface area contributed by atoms with Gasteiger partial charge in [-0.3, -0.25) is 9.78 Å². The highest BCUT2D eigenvalue weighted by Gasteiger charge is 2.17. The van der Waals surface area contributed by atoms with Crippen molar-refractivity contribution in [1.82, 2.24) is 10.3 Å². The van der Waals surface area contributed by atoms with Gasteiger partial charge in [0.05, 0.1) is 23.9 Å². The summed E-state index contributed by atoms with van der Waals surface area (Å²) in [5.74, 6) is 0.439. The standard InChI is InChI=1S/C20H20N2O3/c23-14-16-8-3-1-2-4-12-25-17-9-5-7-15(13-17)19-18(20(24)22-16)10-6-11-21-19/h1-2,5-7,9-11,13-14,16H,3-4,8,12H2,(H,22,24)/b2-1-/t16-/m0/s1. The first-order valence-corrected chi connectivity index (χ1v) is 8.37. The fourth-order valence-corrected chi connectivity index (χ4v) is 2.73. The van der Waals surface area contributed by atoms with Crippen LogP contribution in [0.3, 0.4) is 0 Å². The Bertz CT molecular complexity index is 786. The van der Waals surface area contributed by atoms with E-state index in [0.29, 0.717) is 24.3 Å². The number of carbonyl (C=O) groups is 2. The van der Waals surface area contributed by atoms with Gasteiger partial charge >= 0.3 is 0 Å². The predicted molar refractivity (Wildman–Crippen MR) is 95.5 cm³/mol. The lowest BCUT2D eigenvalue weighted by atomic mass is 10.0. The van der Waals surface area contributed by atoms with Gasteiger partial charge in [0.15, 0.2) is 0 Å². The molecule has 5 nitrogen and oxygen atoms in total. The molecule has 1 amide bonds. The molecule has 1 N–H and O–H groups in total. The van der Waals surface area contributed by atoms with Gasteiger partial charge in [-0.1, -0.05) is 24.3 Å². The molecule has 0 saturated carbocycles. The molecule has 2 bridgehead atoms. The Labute approximate surface area is 146 Å². The summed E-state index contributed by atoms with van der Waals surface area (Å²) in [6.45, 7) is 0.573. The van der Waals surface area contributed by atoms with Crippen LogP contribution in [0.15, 0.2) is 54.7 Å². The van der Waals surface area contributed by atoms with Gasteiger partial charge in [-0.15, -0.1) is 0 Å². The first-order valence-electron chi connectivity index (χ1n) is 8.37. The molecule has 0 radical (unpaired) electrons. The van der Waals surface area contributed by atoms with E-state index in [-0.39, 0.29) is 5.91 Å². The van der Waals surface area contributed by atoms with Crippen LogP contribution in [0.1, 0.15) is 29.6 Å². The van der Waals surface area contributed by atoms with Crippen LogP contribution in [0, 0.1) is 0 Å². The van der Waals surface area contributed by atoms with Crippen molar-refractivity contribution in [2.75, 3.05) is 6.61 Å². The fourth-order valence-electron chi connectivity index (χ4n) is 2.73. The van der Waals surface area contributed by atoms with Gasteiger partial charge < -0.3 is 14.8 Å². The lowest BCUT2D eigenvalue weighted by Gasteiger charge is -2.14. The highest BCUT2D eigenvalue weighted by molar-refractivity contribution is 6.00. The summed E-state index contributed by atoms with van der Waals surface area (Å²) in [4.78, 5) is 28.3. The molecule has 25 heavy (non-hydrogen) atoms. The molecule has 2 heterocycles. The molecular weight excluding hydrogens is 316 g/mol. The molecule has 0 saturated heterocycles. The second kappa shape index (κ2) is 8.24. The van der Waals surface area contributed by atoms with Gasteiger partial charge in [-0.25, -0.2) is 0 Å². The number of benzene rings is 1. The summed E-state index contributed by atoms with van der Waals surface area (Å²) in [7, 11) is 0. The number of allylic oxidation sites excluding steroid dienone is 1. The van der Waals surface area contributed by atoms with E-state index in [2.05, 4.69) is 10.3 Å². The second-order valence-electron chi connectivity index (χ2n) is 5.83. The minimum atomic E-state index is -0.516. The molecule has 0 fully saturated rings. The van der Waals surface area contributed by atoms with Crippen molar-refractivity contribution >= 4 is 12.2 Å². The van der Waals surface area contributed by atoms with Crippen LogP contribution >= 0.6 is 0 Å². The zero-order chi connectivity index (χ0) is 17.5. The Morgan fingerprint density at radius 3 is 2.92 bits per heavy atom. The number of amides is 1. The van der Waals surface area contributed by atoms with E-state index in [1.165, 1.54) is 0 Å². The lowest BCUT2D eigenvalue weighted by Crippen LogP contribution is -2.36. The number of fused-ring (bicyclic) bond motifs is 4. The molecule has 0 aliphatic carbocycles. The average Bonchev–Trinajstić information content (AvgIpc) is 2.66. The normalized spacial score (nSPS) is 19.4. The molecule has 5 heteroatoms. The Hall–Kier alpha value is -2.95. The minimum absolute atomic E-state index is 0.301. The monoisotopic (exact) mass is 336 g/mol. The van der Waals surface area contributed by atoms with E-state index in [4.69, 9.17) is 4.74 Å². The number of hydrogen-bond donors (Lipinski definition) is 1. The third-order valence-corrected chi connectivity index (χ3v) is 4.00. The molecule has 1 aromatic carbocycles. The summed E-state index contributed by atoms with van der Waals surface area (Å²) in [5.41, 5.74) is 1.82. The molecule has 128 valence electrons. The fraction of sp³-hybridized carbons (Fsp3) is 0.250. The maximum absolute atomic E-state index is 12.6. The van der Waals surface area contributed by atoms with Crippen molar-refractivity contribution in [3.63, 3.8) is 0 Å². The number of hydrogen-bond acceptors (Lipinski definition) is 4. The van der Waals surface area contributed by atoms with E-state index in [0.717, 1.165) is 30.4 Å². The highest BCUT2D eigenvalue weighted by Crippen LogP contribution is 2.25. The summed E-state index contributed by atoms with van der Waals surface area (Å²) in [6, 6.07) is 10.4. The van der Waals surface area contributed by atoms with Crippen molar-refractivity contribution < 1.29 is 14.3 Å². The number of ether oxygens (including phenoxy) is 1. The van der Waals surface area contributed by atoms with Crippen LogP contribution in [-0.4, -0.2) is 29.8 Å². The summed E-state index contributed by atoms with van der Waals surface area (Å²) >= 11 is 0. The first-order chi connectivity index (χ1) is 12.3. The SMILES string of the molecule is O=C[C@@H]1CC/C=C\CCOc2cccc(c2)-c2ncccc2C(=O)N1. The molecule has 1 aliphatic heterocycles. The smallest absolute Gasteiger partial charge is 0.254 e. The molecule has 1 atom stereocenters. The van der Waals surface area contributed by atoms with Gasteiger partial charge in [0.1, 0.15) is 12.0 Å². The topological polar surface area (TPSA) is 68.3 Å². The lowest BCUT2D eigenvalue weighted by molar-refractivity contribution is -0.109. The van der Waals surface area contributed by atoms with Crippen molar-refractivity contribution in [2.24, 2.45) is 0 Å². The maximum atomic E-state index is 12.6. The third-order valence-electron chi connectivity index (χ3n) is 4.00. The number of pyridine rings is 1. The average molecular weight is 336 g/mol. The van der Waals surface area contributed by atoms with E-state index >= 15 is 0 Å². The summed E-state index contributed by atoms with van der Waals surface area (Å²) < 4.78 is 5.77. The Balaban J connectivity index is 1.99. The Morgan fingerprint density at radius 1 is 1.16 bits per heavy atom. The van der Waals surface area contributed by atoms with Gasteiger partial charge in [-0.05, 0) is 43.5 Å². The number of aldehydes is 1. The molecule has 2 aromatic rings. The zero-order valence-corrected chi connectivity index (χ0v) is 13.9. The minimum Gasteiger partial charge on any atom is -0.493 e. The largest absolute Gasteiger partial charge is 0.493 e. The van der Waals surface area contributed by atoms with Gasteiger partial charge in [-0.2, -0.15) is 0 Å². The van der Waals surface area contributed by atoms with Gasteiger partial charge in [0, 0.05) is 11.8 Å². The van der Waals surface area contributed by atoms with Crippen LogP contribution in [0.5, 0.6) is 5.75 Å². The van der Waals surface area contributed by atoms with Crippen LogP contribution < -0.4 is 10.1 Å². The predicted octanol–water partition coefficient (Wildman–Crippen LogP) is 3.16. The van der Waals surface area contributed by atoms with Crippen LogP contribution in [0.4, 0.5) is 0 Å². The number of rotatable bonds is 1. The van der Waals surface area contributed by atoms with Crippen LogP contribution in [-0.2, 0) is 4.79 Å². The quantitative estimate of drug-likeness (QED) is 0.641. The summed E-state index contributed by atoms with van der Waals surface area (Å²) in [6.07, 6.45) is 8.55. The molecule has 1 aromatic heterocycles. The third kappa shape index (κ3) is 4.32. The molecule has 3 rings (SSSR count). The zero-order valence-electron chi connectivity index (χ0n) is 13.9. The van der Waals surface area contributed by atoms with E-state index in [1.807, 2.05) is 36.4 Å². The molecule has 1 aliphatic rings. The summed E-state index contributed by atoms with van der Waals surface area (Å²) in [5, 5.41) is 2.79. The number of nitrogens with zero attached hydrogens (tertiary/aromatic N) is 1. The second-order valence-corrected chi connectivity index (χ2v) is 5.83. The van der Waals surface area contributed by atoms with Gasteiger partial charge in [0.25, 0.3) is 5.91 Å². The van der Waals surface area contributed by atoms with Crippen molar-refractivity contribution in [2.45, 2.75) is 25.3 Å². The number of carbonyl (C=O) groups excluding carboxylic acids is 2. The van der Waals surface area contributed by atoms with E-state index in [9.17, 15) is 9.59 Å². The van der Waals surface area contributed by atoms with E-state index in [1.54, 1.807) is 18.3 Å². The van der Waals surface area contributed by atoms with Crippen molar-refractivity contribution in [3.05, 3.63) is 60.3 Å². The van der Waals surface area contributed by atoms with Crippen LogP contribution in [0.25, 0.3) is 11.3 Å². The first kappa shape index (κ1) is 16.9. The van der Waals surface area contributed by atoms with Crippen molar-refractivity contribution in [1.29, 1.82) is 0 Å². The molecule has 0 spiro atoms.